The van der Waals surface area contributed by atoms with Crippen molar-refractivity contribution in [3.05, 3.63) is 71.8 Å². The summed E-state index contributed by atoms with van der Waals surface area (Å²) in [6, 6.07) is 21.3. The van der Waals surface area contributed by atoms with Crippen LogP contribution >= 0.6 is 0 Å². The predicted octanol–water partition coefficient (Wildman–Crippen LogP) is 4.84. The van der Waals surface area contributed by atoms with Crippen molar-refractivity contribution in [2.75, 3.05) is 13.1 Å². The van der Waals surface area contributed by atoms with Gasteiger partial charge in [-0.15, -0.1) is 0 Å². The maximum Gasteiger partial charge on any atom is 0.249 e. The number of primary amides is 1. The van der Waals surface area contributed by atoms with Gasteiger partial charge in [0, 0.05) is 12.1 Å². The third-order valence-electron chi connectivity index (χ3n) is 5.80. The van der Waals surface area contributed by atoms with Gasteiger partial charge in [0.25, 0.3) is 0 Å². The first-order valence-corrected chi connectivity index (χ1v) is 9.59. The van der Waals surface area contributed by atoms with Crippen LogP contribution in [0.3, 0.4) is 0 Å². The zero-order valence-electron chi connectivity index (χ0n) is 15.2. The summed E-state index contributed by atoms with van der Waals surface area (Å²) in [6.45, 7) is 2.97. The number of likely N-dealkylation sites (tertiary alicyclic amines) is 1. The monoisotopic (exact) mass is 354 g/mol. The van der Waals surface area contributed by atoms with Crippen LogP contribution < -0.4 is 5.73 Å². The first-order chi connectivity index (χ1) is 13.2. The molecule has 0 unspecified atom stereocenters. The molecule has 1 heterocycles. The summed E-state index contributed by atoms with van der Waals surface area (Å²) < 4.78 is 0. The van der Waals surface area contributed by atoms with Crippen molar-refractivity contribution >= 4 is 38.2 Å². The third-order valence-corrected chi connectivity index (χ3v) is 5.80. The summed E-state index contributed by atoms with van der Waals surface area (Å²) in [5.41, 5.74) is 7.42. The lowest BCUT2D eigenvalue weighted by atomic mass is 9.94. The summed E-state index contributed by atoms with van der Waals surface area (Å²) in [5, 5.41) is 7.20. The second kappa shape index (κ2) is 6.36. The number of nitrogens with zero attached hydrogens (tertiary/aromatic N) is 1. The third kappa shape index (κ3) is 2.84. The van der Waals surface area contributed by atoms with Gasteiger partial charge in [0.15, 0.2) is 0 Å². The molecule has 0 aromatic heterocycles. The Morgan fingerprint density at radius 3 is 2.11 bits per heavy atom. The Morgan fingerprint density at radius 2 is 1.44 bits per heavy atom. The molecule has 0 spiro atoms. The lowest BCUT2D eigenvalue weighted by Gasteiger charge is -2.19. The Hall–Kier alpha value is -2.91. The Labute approximate surface area is 158 Å². The quantitative estimate of drug-likeness (QED) is 0.535. The molecule has 0 atom stereocenters. The number of carbonyl (C=O) groups excluding carboxylic acids is 1. The highest BCUT2D eigenvalue weighted by Gasteiger charge is 2.18. The molecule has 4 aromatic rings. The number of fused-ring (bicyclic) bond motifs is 3. The summed E-state index contributed by atoms with van der Waals surface area (Å²) in [4.78, 5) is 14.5. The molecular weight excluding hydrogens is 332 g/mol. The van der Waals surface area contributed by atoms with E-state index >= 15 is 0 Å². The average Bonchev–Trinajstić information content (AvgIpc) is 3.18. The summed E-state index contributed by atoms with van der Waals surface area (Å²) in [6.07, 6.45) is 2.46. The lowest BCUT2D eigenvalue weighted by Crippen LogP contribution is -2.22. The molecule has 0 saturated carbocycles. The summed E-state index contributed by atoms with van der Waals surface area (Å²) in [5.74, 6) is -0.343. The van der Waals surface area contributed by atoms with Crippen LogP contribution in [-0.2, 0) is 6.54 Å². The minimum atomic E-state index is -0.343. The second-order valence-electron chi connectivity index (χ2n) is 7.56. The molecule has 1 aliphatic rings. The van der Waals surface area contributed by atoms with Gasteiger partial charge in [0.2, 0.25) is 5.91 Å². The zero-order chi connectivity index (χ0) is 18.4. The molecule has 5 rings (SSSR count). The van der Waals surface area contributed by atoms with Gasteiger partial charge in [0.05, 0.1) is 0 Å². The molecule has 134 valence electrons. The molecule has 1 amide bonds. The molecule has 0 radical (unpaired) electrons. The highest BCUT2D eigenvalue weighted by molar-refractivity contribution is 6.08. The number of carbonyl (C=O) groups is 1. The van der Waals surface area contributed by atoms with Gasteiger partial charge in [-0.3, -0.25) is 9.69 Å². The van der Waals surface area contributed by atoms with Gasteiger partial charge >= 0.3 is 0 Å². The van der Waals surface area contributed by atoms with Gasteiger partial charge in [-0.05, 0) is 94.1 Å². The highest BCUT2D eigenvalue weighted by atomic mass is 16.1. The van der Waals surface area contributed by atoms with E-state index < -0.39 is 0 Å². The fourth-order valence-electron chi connectivity index (χ4n) is 4.39. The molecule has 1 aliphatic heterocycles. The molecule has 27 heavy (non-hydrogen) atoms. The van der Waals surface area contributed by atoms with E-state index in [1.165, 1.54) is 34.4 Å². The van der Waals surface area contributed by atoms with E-state index in [1.807, 2.05) is 12.1 Å². The van der Waals surface area contributed by atoms with E-state index in [4.69, 9.17) is 5.73 Å². The van der Waals surface area contributed by atoms with E-state index in [0.717, 1.165) is 36.0 Å². The van der Waals surface area contributed by atoms with Gasteiger partial charge in [-0.25, -0.2) is 0 Å². The first-order valence-electron chi connectivity index (χ1n) is 9.59. The predicted molar refractivity (Wildman–Crippen MR) is 112 cm³/mol. The number of hydrogen-bond donors (Lipinski definition) is 1. The molecule has 3 heteroatoms. The Balaban J connectivity index is 1.77. The van der Waals surface area contributed by atoms with Crippen molar-refractivity contribution < 1.29 is 4.79 Å². The standard InChI is InChI=1S/C24H22N2O/c25-24(27)21-8-7-18-13-19-11-16-5-1-2-6-17(16)12-20(19)14-22(18)23(21)15-26-9-3-4-10-26/h1-2,5-8,11-14H,3-4,9-10,15H2,(H2,25,27). The van der Waals surface area contributed by atoms with E-state index in [-0.39, 0.29) is 5.91 Å². The fourth-order valence-corrected chi connectivity index (χ4v) is 4.39. The van der Waals surface area contributed by atoms with Crippen molar-refractivity contribution in [1.82, 2.24) is 4.90 Å². The van der Waals surface area contributed by atoms with Gasteiger partial charge in [-0.1, -0.05) is 30.3 Å². The molecule has 0 aliphatic carbocycles. The van der Waals surface area contributed by atoms with E-state index in [9.17, 15) is 4.79 Å². The van der Waals surface area contributed by atoms with Crippen LogP contribution in [0.1, 0.15) is 28.8 Å². The topological polar surface area (TPSA) is 46.3 Å². The van der Waals surface area contributed by atoms with E-state index in [1.54, 1.807) is 0 Å². The van der Waals surface area contributed by atoms with E-state index in [2.05, 4.69) is 53.4 Å². The number of benzene rings is 4. The Kier molecular flexibility index (Phi) is 3.83. The van der Waals surface area contributed by atoms with Crippen molar-refractivity contribution in [1.29, 1.82) is 0 Å². The summed E-state index contributed by atoms with van der Waals surface area (Å²) in [7, 11) is 0. The zero-order valence-corrected chi connectivity index (χ0v) is 15.2. The minimum absolute atomic E-state index is 0.343. The van der Waals surface area contributed by atoms with Gasteiger partial charge in [-0.2, -0.15) is 0 Å². The molecule has 3 nitrogen and oxygen atoms in total. The number of hydrogen-bond acceptors (Lipinski definition) is 2. The first kappa shape index (κ1) is 16.3. The molecule has 1 fully saturated rings. The largest absolute Gasteiger partial charge is 0.366 e. The molecule has 4 aromatic carbocycles. The molecule has 0 bridgehead atoms. The van der Waals surface area contributed by atoms with Crippen LogP contribution in [0.4, 0.5) is 0 Å². The smallest absolute Gasteiger partial charge is 0.249 e. The molecule has 2 N–H and O–H groups in total. The normalized spacial score (nSPS) is 15.1. The van der Waals surface area contributed by atoms with Crippen LogP contribution in [0.2, 0.25) is 0 Å². The Morgan fingerprint density at radius 1 is 0.815 bits per heavy atom. The Bertz CT molecular complexity index is 1190. The van der Waals surface area contributed by atoms with Gasteiger partial charge in [0.1, 0.15) is 0 Å². The summed E-state index contributed by atoms with van der Waals surface area (Å²) >= 11 is 0. The maximum absolute atomic E-state index is 12.1. The SMILES string of the molecule is NC(=O)c1ccc2cc3cc4ccccc4cc3cc2c1CN1CCCC1. The molecule has 1 saturated heterocycles. The van der Waals surface area contributed by atoms with Crippen LogP contribution in [0.5, 0.6) is 0 Å². The van der Waals surface area contributed by atoms with Gasteiger partial charge < -0.3 is 5.73 Å². The van der Waals surface area contributed by atoms with Crippen molar-refractivity contribution in [2.24, 2.45) is 5.73 Å². The van der Waals surface area contributed by atoms with Crippen LogP contribution in [0.25, 0.3) is 32.3 Å². The second-order valence-corrected chi connectivity index (χ2v) is 7.56. The van der Waals surface area contributed by atoms with Crippen molar-refractivity contribution in [3.8, 4) is 0 Å². The van der Waals surface area contributed by atoms with Crippen molar-refractivity contribution in [2.45, 2.75) is 19.4 Å². The van der Waals surface area contributed by atoms with Crippen LogP contribution in [0, 0.1) is 0 Å². The fraction of sp³-hybridized carbons (Fsp3) is 0.208. The molecular formula is C24H22N2O. The van der Waals surface area contributed by atoms with Crippen LogP contribution in [0.15, 0.2) is 60.7 Å². The number of rotatable bonds is 3. The van der Waals surface area contributed by atoms with E-state index in [0.29, 0.717) is 5.56 Å². The number of nitrogens with two attached hydrogens (primary N) is 1. The lowest BCUT2D eigenvalue weighted by molar-refractivity contribution is 0.0998. The highest BCUT2D eigenvalue weighted by Crippen LogP contribution is 2.31. The number of amides is 1. The average molecular weight is 354 g/mol. The maximum atomic E-state index is 12.1. The minimum Gasteiger partial charge on any atom is -0.366 e. The van der Waals surface area contributed by atoms with Crippen LogP contribution in [-0.4, -0.2) is 23.9 Å². The van der Waals surface area contributed by atoms with Crippen molar-refractivity contribution in [3.63, 3.8) is 0 Å².